The molecule has 78 valence electrons. The molecule has 1 aliphatic rings. The van der Waals surface area contributed by atoms with Crippen LogP contribution in [0.15, 0.2) is 0 Å². The van der Waals surface area contributed by atoms with Crippen molar-refractivity contribution in [1.29, 1.82) is 0 Å². The predicted octanol–water partition coefficient (Wildman–Crippen LogP) is 2.06. The van der Waals surface area contributed by atoms with Crippen molar-refractivity contribution in [3.05, 3.63) is 17.2 Å². The number of imidazole rings is 1. The van der Waals surface area contributed by atoms with Crippen molar-refractivity contribution < 1.29 is 4.74 Å². The summed E-state index contributed by atoms with van der Waals surface area (Å²) in [6, 6.07) is 0. The molecule has 0 saturated carbocycles. The van der Waals surface area contributed by atoms with E-state index < -0.39 is 0 Å². The Hall–Kier alpha value is -0.830. The molecule has 0 fully saturated rings. The van der Waals surface area contributed by atoms with E-state index in [1.807, 2.05) is 6.92 Å². The largest absolute Gasteiger partial charge is 0.361 e. The minimum absolute atomic E-state index is 0.671. The Labute approximate surface area is 85.1 Å². The molecule has 0 N–H and O–H groups in total. The molecule has 14 heavy (non-hydrogen) atoms. The molecule has 0 amide bonds. The summed E-state index contributed by atoms with van der Waals surface area (Å²) in [7, 11) is 0. The molecule has 0 saturated heterocycles. The molecule has 0 unspecified atom stereocenters. The third-order valence-electron chi connectivity index (χ3n) is 2.85. The lowest BCUT2D eigenvalue weighted by molar-refractivity contribution is 0.0842. The number of nitrogens with zero attached hydrogens (tertiary/aromatic N) is 2. The van der Waals surface area contributed by atoms with Crippen LogP contribution in [0.3, 0.4) is 0 Å². The smallest absolute Gasteiger partial charge is 0.124 e. The van der Waals surface area contributed by atoms with Crippen LogP contribution in [-0.2, 0) is 24.3 Å². The summed E-state index contributed by atoms with van der Waals surface area (Å²) in [5.41, 5.74) is 2.70. The molecule has 3 heteroatoms. The van der Waals surface area contributed by atoms with Gasteiger partial charge in [-0.05, 0) is 39.5 Å². The lowest BCUT2D eigenvalue weighted by Gasteiger charge is -2.14. The predicted molar refractivity (Wildman–Crippen MR) is 55.2 cm³/mol. The molecule has 0 atom stereocenters. The summed E-state index contributed by atoms with van der Waals surface area (Å²) in [6.07, 6.45) is 4.90. The SMILES string of the molecule is CCOCn1c(C)nc2c1CCCC2. The van der Waals surface area contributed by atoms with E-state index in [0.29, 0.717) is 6.73 Å². The summed E-state index contributed by atoms with van der Waals surface area (Å²) >= 11 is 0. The van der Waals surface area contributed by atoms with Gasteiger partial charge in [0.15, 0.2) is 0 Å². The molecular weight excluding hydrogens is 176 g/mol. The van der Waals surface area contributed by atoms with Gasteiger partial charge < -0.3 is 9.30 Å². The number of rotatable bonds is 3. The first-order valence-corrected chi connectivity index (χ1v) is 5.45. The van der Waals surface area contributed by atoms with Crippen LogP contribution >= 0.6 is 0 Å². The number of fused-ring (bicyclic) bond motifs is 1. The highest BCUT2D eigenvalue weighted by Gasteiger charge is 2.17. The van der Waals surface area contributed by atoms with Gasteiger partial charge >= 0.3 is 0 Å². The van der Waals surface area contributed by atoms with Crippen LogP contribution in [0.4, 0.5) is 0 Å². The fourth-order valence-corrected chi connectivity index (χ4v) is 2.09. The Morgan fingerprint density at radius 1 is 1.36 bits per heavy atom. The van der Waals surface area contributed by atoms with Gasteiger partial charge in [-0.3, -0.25) is 0 Å². The van der Waals surface area contributed by atoms with Crippen LogP contribution in [0.1, 0.15) is 37.0 Å². The highest BCUT2D eigenvalue weighted by molar-refractivity contribution is 5.19. The number of aromatic nitrogens is 2. The fraction of sp³-hybridized carbons (Fsp3) is 0.727. The Morgan fingerprint density at radius 2 is 2.14 bits per heavy atom. The van der Waals surface area contributed by atoms with Crippen LogP contribution < -0.4 is 0 Å². The average Bonchev–Trinajstić information content (AvgIpc) is 2.51. The van der Waals surface area contributed by atoms with Crippen molar-refractivity contribution in [2.45, 2.75) is 46.3 Å². The number of hydrogen-bond acceptors (Lipinski definition) is 2. The van der Waals surface area contributed by atoms with Crippen molar-refractivity contribution in [3.63, 3.8) is 0 Å². The van der Waals surface area contributed by atoms with Crippen LogP contribution in [0, 0.1) is 6.92 Å². The lowest BCUT2D eigenvalue weighted by Crippen LogP contribution is -2.11. The second kappa shape index (κ2) is 4.13. The zero-order valence-electron chi connectivity index (χ0n) is 9.05. The maximum Gasteiger partial charge on any atom is 0.124 e. The van der Waals surface area contributed by atoms with E-state index in [9.17, 15) is 0 Å². The fourth-order valence-electron chi connectivity index (χ4n) is 2.09. The first-order chi connectivity index (χ1) is 6.83. The molecule has 1 aromatic rings. The molecule has 1 aliphatic carbocycles. The zero-order valence-corrected chi connectivity index (χ0v) is 9.05. The monoisotopic (exact) mass is 194 g/mol. The van der Waals surface area contributed by atoms with E-state index in [1.54, 1.807) is 0 Å². The van der Waals surface area contributed by atoms with Gasteiger partial charge in [0.05, 0.1) is 5.69 Å². The second-order valence-corrected chi connectivity index (χ2v) is 3.81. The Kier molecular flexibility index (Phi) is 2.87. The van der Waals surface area contributed by atoms with E-state index in [2.05, 4.69) is 16.5 Å². The highest BCUT2D eigenvalue weighted by Crippen LogP contribution is 2.21. The van der Waals surface area contributed by atoms with E-state index in [-0.39, 0.29) is 0 Å². The van der Waals surface area contributed by atoms with Crippen LogP contribution in [-0.4, -0.2) is 16.2 Å². The minimum Gasteiger partial charge on any atom is -0.361 e. The van der Waals surface area contributed by atoms with E-state index >= 15 is 0 Å². The molecule has 0 bridgehead atoms. The van der Waals surface area contributed by atoms with Crippen molar-refractivity contribution in [1.82, 2.24) is 9.55 Å². The normalized spacial score (nSPS) is 15.6. The van der Waals surface area contributed by atoms with Gasteiger partial charge in [-0.15, -0.1) is 0 Å². The maximum absolute atomic E-state index is 5.45. The molecule has 0 spiro atoms. The molecule has 2 rings (SSSR count). The number of hydrogen-bond donors (Lipinski definition) is 0. The van der Waals surface area contributed by atoms with Crippen LogP contribution in [0.2, 0.25) is 0 Å². The quantitative estimate of drug-likeness (QED) is 0.736. The van der Waals surface area contributed by atoms with Crippen LogP contribution in [0.25, 0.3) is 0 Å². The van der Waals surface area contributed by atoms with Crippen molar-refractivity contribution in [2.24, 2.45) is 0 Å². The molecule has 0 radical (unpaired) electrons. The van der Waals surface area contributed by atoms with Gasteiger partial charge in [-0.1, -0.05) is 0 Å². The average molecular weight is 194 g/mol. The Balaban J connectivity index is 2.24. The summed E-state index contributed by atoms with van der Waals surface area (Å²) < 4.78 is 7.67. The third-order valence-corrected chi connectivity index (χ3v) is 2.85. The van der Waals surface area contributed by atoms with E-state index in [1.165, 1.54) is 30.7 Å². The molecule has 0 aliphatic heterocycles. The highest BCUT2D eigenvalue weighted by atomic mass is 16.5. The summed E-state index contributed by atoms with van der Waals surface area (Å²) in [6.45, 7) is 5.53. The molecule has 1 aromatic heterocycles. The molecule has 0 aromatic carbocycles. The van der Waals surface area contributed by atoms with E-state index in [0.717, 1.165) is 18.9 Å². The van der Waals surface area contributed by atoms with Gasteiger partial charge in [0, 0.05) is 12.3 Å². The number of aryl methyl sites for hydroxylation is 2. The molecule has 1 heterocycles. The summed E-state index contributed by atoms with van der Waals surface area (Å²) in [5.74, 6) is 1.10. The van der Waals surface area contributed by atoms with Gasteiger partial charge in [-0.2, -0.15) is 0 Å². The first-order valence-electron chi connectivity index (χ1n) is 5.45. The van der Waals surface area contributed by atoms with Crippen molar-refractivity contribution in [3.8, 4) is 0 Å². The zero-order chi connectivity index (χ0) is 9.97. The van der Waals surface area contributed by atoms with Crippen molar-refractivity contribution in [2.75, 3.05) is 6.61 Å². The lowest BCUT2D eigenvalue weighted by atomic mass is 10.0. The second-order valence-electron chi connectivity index (χ2n) is 3.81. The molecule has 3 nitrogen and oxygen atoms in total. The van der Waals surface area contributed by atoms with Gasteiger partial charge in [0.25, 0.3) is 0 Å². The van der Waals surface area contributed by atoms with Gasteiger partial charge in [-0.25, -0.2) is 4.98 Å². The van der Waals surface area contributed by atoms with Crippen molar-refractivity contribution >= 4 is 0 Å². The standard InChI is InChI=1S/C11H18N2O/c1-3-14-8-13-9(2)12-10-6-4-5-7-11(10)13/h3-8H2,1-2H3. The topological polar surface area (TPSA) is 27.1 Å². The van der Waals surface area contributed by atoms with Crippen LogP contribution in [0.5, 0.6) is 0 Å². The van der Waals surface area contributed by atoms with E-state index in [4.69, 9.17) is 4.74 Å². The summed E-state index contributed by atoms with van der Waals surface area (Å²) in [4.78, 5) is 4.59. The number of ether oxygens (including phenoxy) is 1. The summed E-state index contributed by atoms with van der Waals surface area (Å²) in [5, 5.41) is 0. The van der Waals surface area contributed by atoms with Gasteiger partial charge in [0.1, 0.15) is 12.6 Å². The first kappa shape index (κ1) is 9.71. The van der Waals surface area contributed by atoms with Gasteiger partial charge in [0.2, 0.25) is 0 Å². The maximum atomic E-state index is 5.45. The Morgan fingerprint density at radius 3 is 2.93 bits per heavy atom. The molecular formula is C11H18N2O. The third kappa shape index (κ3) is 1.69. The minimum atomic E-state index is 0.671. The Bertz CT molecular complexity index is 317.